The molecule has 1 aromatic rings. The number of methoxy groups -OCH3 is 1. The Kier molecular flexibility index (Phi) is 3.09. The van der Waals surface area contributed by atoms with E-state index in [1.54, 1.807) is 0 Å². The Morgan fingerprint density at radius 2 is 2.07 bits per heavy atom. The largest absolute Gasteiger partial charge is 0.496 e. The molecule has 0 atom stereocenters. The van der Waals surface area contributed by atoms with Crippen LogP contribution >= 0.6 is 7.60 Å². The summed E-state index contributed by atoms with van der Waals surface area (Å²) in [6.45, 7) is 0. The van der Waals surface area contributed by atoms with Crippen molar-refractivity contribution in [2.45, 2.75) is 0 Å². The summed E-state index contributed by atoms with van der Waals surface area (Å²) in [6, 6.07) is 3.06. The number of nitrogens with zero attached hydrogens (tertiary/aromatic N) is 1. The van der Waals surface area contributed by atoms with Gasteiger partial charge in [-0.15, -0.1) is 0 Å². The summed E-state index contributed by atoms with van der Waals surface area (Å²) in [7, 11) is -3.35. The van der Waals surface area contributed by atoms with Crippen LogP contribution in [0.3, 0.4) is 0 Å². The predicted molar refractivity (Wildman–Crippen MR) is 51.3 cm³/mol. The fourth-order valence-corrected chi connectivity index (χ4v) is 1.77. The molecule has 0 aromatic heterocycles. The first kappa shape index (κ1) is 11.6. The van der Waals surface area contributed by atoms with Gasteiger partial charge in [-0.1, -0.05) is 0 Å². The second kappa shape index (κ2) is 3.98. The summed E-state index contributed by atoms with van der Waals surface area (Å²) in [6.07, 6.45) is 0. The van der Waals surface area contributed by atoms with Gasteiger partial charge >= 0.3 is 7.60 Å². The number of nitro benzene ring substituents is 1. The third kappa shape index (κ3) is 2.53. The summed E-state index contributed by atoms with van der Waals surface area (Å²) in [5.74, 6) is -0.0751. The molecule has 0 radical (unpaired) electrons. The zero-order chi connectivity index (χ0) is 11.6. The van der Waals surface area contributed by atoms with Crippen LogP contribution < -0.4 is 10.0 Å². The smallest absolute Gasteiger partial charge is 0.360 e. The lowest BCUT2D eigenvalue weighted by atomic mass is 10.3. The molecule has 0 aliphatic heterocycles. The molecule has 82 valence electrons. The third-order valence-electron chi connectivity index (χ3n) is 1.69. The van der Waals surface area contributed by atoms with Gasteiger partial charge in [0.25, 0.3) is 5.69 Å². The minimum absolute atomic E-state index is 0.0751. The molecule has 15 heavy (non-hydrogen) atoms. The van der Waals surface area contributed by atoms with E-state index in [0.717, 1.165) is 18.2 Å². The molecule has 0 aliphatic carbocycles. The lowest BCUT2D eigenvalue weighted by molar-refractivity contribution is -0.384. The van der Waals surface area contributed by atoms with E-state index in [1.807, 2.05) is 0 Å². The maximum absolute atomic E-state index is 11.0. The molecule has 0 bridgehead atoms. The van der Waals surface area contributed by atoms with E-state index in [-0.39, 0.29) is 5.75 Å². The molecule has 0 spiro atoms. The highest BCUT2D eigenvalue weighted by Gasteiger charge is 2.25. The van der Waals surface area contributed by atoms with Gasteiger partial charge in [0.05, 0.1) is 12.0 Å². The summed E-state index contributed by atoms with van der Waals surface area (Å²) >= 11 is 0. The molecule has 0 amide bonds. The molecule has 8 heteroatoms. The van der Waals surface area contributed by atoms with Gasteiger partial charge in [-0.25, -0.2) is 0 Å². The lowest BCUT2D eigenvalue weighted by Crippen LogP contribution is -2.09. The van der Waals surface area contributed by atoms with Crippen molar-refractivity contribution in [2.24, 2.45) is 0 Å². The number of nitro groups is 1. The molecule has 1 rings (SSSR count). The zero-order valence-electron chi connectivity index (χ0n) is 7.65. The van der Waals surface area contributed by atoms with Crippen LogP contribution in [0.1, 0.15) is 0 Å². The molecule has 0 saturated carbocycles. The Morgan fingerprint density at radius 3 is 2.47 bits per heavy atom. The highest BCUT2D eigenvalue weighted by Crippen LogP contribution is 2.38. The molecule has 1 aromatic carbocycles. The SMILES string of the molecule is COc1ccc([N+](=O)[O-])cc1P(=O)(O)O. The molecule has 7 nitrogen and oxygen atoms in total. The van der Waals surface area contributed by atoms with Crippen molar-refractivity contribution in [3.63, 3.8) is 0 Å². The van der Waals surface area contributed by atoms with E-state index in [9.17, 15) is 14.7 Å². The van der Waals surface area contributed by atoms with Crippen molar-refractivity contribution in [2.75, 3.05) is 7.11 Å². The Morgan fingerprint density at radius 1 is 1.47 bits per heavy atom. The second-order valence-electron chi connectivity index (χ2n) is 2.66. The van der Waals surface area contributed by atoms with Gasteiger partial charge in [-0.05, 0) is 6.07 Å². The molecule has 0 saturated heterocycles. The number of rotatable bonds is 3. The van der Waals surface area contributed by atoms with E-state index in [2.05, 4.69) is 0 Å². The number of hydrogen-bond donors (Lipinski definition) is 2. The molecule has 2 N–H and O–H groups in total. The fraction of sp³-hybridized carbons (Fsp3) is 0.143. The average Bonchev–Trinajstić information content (AvgIpc) is 2.15. The first-order valence-electron chi connectivity index (χ1n) is 3.75. The standard InChI is InChI=1S/C7H8NO6P/c1-14-6-3-2-5(8(9)10)4-7(6)15(11,12)13/h2-4H,1H3,(H2,11,12,13). The Balaban J connectivity index is 3.39. The molecule has 0 fully saturated rings. The van der Waals surface area contributed by atoms with E-state index in [1.165, 1.54) is 7.11 Å². The van der Waals surface area contributed by atoms with Gasteiger partial charge in [0.1, 0.15) is 11.1 Å². The third-order valence-corrected chi connectivity index (χ3v) is 2.66. The van der Waals surface area contributed by atoms with E-state index < -0.39 is 23.5 Å². The van der Waals surface area contributed by atoms with E-state index in [4.69, 9.17) is 14.5 Å². The van der Waals surface area contributed by atoms with E-state index in [0.29, 0.717) is 0 Å². The minimum atomic E-state index is -4.57. The van der Waals surface area contributed by atoms with Gasteiger partial charge in [0.2, 0.25) is 0 Å². The van der Waals surface area contributed by atoms with Crippen molar-refractivity contribution in [1.82, 2.24) is 0 Å². The summed E-state index contributed by atoms with van der Waals surface area (Å²) in [5.41, 5.74) is -0.394. The first-order valence-corrected chi connectivity index (χ1v) is 5.36. The van der Waals surface area contributed by atoms with Gasteiger partial charge in [-0.3, -0.25) is 14.7 Å². The van der Waals surface area contributed by atoms with Crippen LogP contribution in [0.4, 0.5) is 5.69 Å². The normalized spacial score (nSPS) is 11.1. The maximum Gasteiger partial charge on any atom is 0.360 e. The van der Waals surface area contributed by atoms with Gasteiger partial charge in [-0.2, -0.15) is 0 Å². The van der Waals surface area contributed by atoms with Crippen LogP contribution in [0.15, 0.2) is 18.2 Å². The Bertz CT molecular complexity index is 439. The van der Waals surface area contributed by atoms with Crippen LogP contribution in [0.2, 0.25) is 0 Å². The number of ether oxygens (including phenoxy) is 1. The van der Waals surface area contributed by atoms with Crippen LogP contribution in [-0.4, -0.2) is 21.8 Å². The first-order chi connectivity index (χ1) is 6.86. The monoisotopic (exact) mass is 233 g/mol. The molecular weight excluding hydrogens is 225 g/mol. The van der Waals surface area contributed by atoms with Crippen LogP contribution in [0.25, 0.3) is 0 Å². The molecule has 0 unspecified atom stereocenters. The fourth-order valence-electron chi connectivity index (χ4n) is 1.02. The van der Waals surface area contributed by atoms with Crippen molar-refractivity contribution in [1.29, 1.82) is 0 Å². The number of benzene rings is 1. The summed E-state index contributed by atoms with van der Waals surface area (Å²) in [5, 5.41) is 9.90. The van der Waals surface area contributed by atoms with Gasteiger partial charge < -0.3 is 14.5 Å². The van der Waals surface area contributed by atoms with Crippen molar-refractivity contribution < 1.29 is 24.0 Å². The highest BCUT2D eigenvalue weighted by molar-refractivity contribution is 7.60. The van der Waals surface area contributed by atoms with Crippen LogP contribution in [-0.2, 0) is 4.57 Å². The van der Waals surface area contributed by atoms with Crippen molar-refractivity contribution >= 4 is 18.6 Å². The average molecular weight is 233 g/mol. The number of non-ortho nitro benzene ring substituents is 1. The summed E-state index contributed by atoms with van der Waals surface area (Å²) < 4.78 is 15.7. The molecular formula is C7H8NO6P. The molecule has 0 aliphatic rings. The van der Waals surface area contributed by atoms with Crippen molar-refractivity contribution in [3.8, 4) is 5.75 Å². The molecule has 0 heterocycles. The second-order valence-corrected chi connectivity index (χ2v) is 4.23. The van der Waals surface area contributed by atoms with Gasteiger partial charge in [0.15, 0.2) is 0 Å². The predicted octanol–water partition coefficient (Wildman–Crippen LogP) is 0.406. The van der Waals surface area contributed by atoms with Crippen LogP contribution in [0.5, 0.6) is 5.75 Å². The Labute approximate surface area is 84.6 Å². The van der Waals surface area contributed by atoms with Crippen molar-refractivity contribution in [3.05, 3.63) is 28.3 Å². The quantitative estimate of drug-likeness (QED) is 0.444. The summed E-state index contributed by atoms with van der Waals surface area (Å²) in [4.78, 5) is 27.5. The number of hydrogen-bond acceptors (Lipinski definition) is 4. The highest BCUT2D eigenvalue weighted by atomic mass is 31.2. The van der Waals surface area contributed by atoms with Gasteiger partial charge in [0, 0.05) is 12.1 Å². The van der Waals surface area contributed by atoms with Crippen LogP contribution in [0, 0.1) is 10.1 Å². The van der Waals surface area contributed by atoms with E-state index >= 15 is 0 Å². The lowest BCUT2D eigenvalue weighted by Gasteiger charge is -2.08. The maximum atomic E-state index is 11.0. The topological polar surface area (TPSA) is 110 Å². The zero-order valence-corrected chi connectivity index (χ0v) is 8.55. The Hall–Kier alpha value is -1.43. The minimum Gasteiger partial charge on any atom is -0.496 e.